The lowest BCUT2D eigenvalue weighted by atomic mass is 9.97. The summed E-state index contributed by atoms with van der Waals surface area (Å²) in [5, 5.41) is 9.39. The van der Waals surface area contributed by atoms with Gasteiger partial charge in [0.25, 0.3) is 5.91 Å². The Morgan fingerprint density at radius 2 is 1.68 bits per heavy atom. The molecule has 0 aliphatic carbocycles. The Morgan fingerprint density at radius 3 is 2.18 bits per heavy atom. The van der Waals surface area contributed by atoms with Crippen LogP contribution in [0.1, 0.15) is 50.3 Å². The molecule has 1 fully saturated rings. The van der Waals surface area contributed by atoms with Crippen LogP contribution in [-0.4, -0.2) is 34.1 Å². The monoisotopic (exact) mass is 423 g/mol. The molecule has 28 heavy (non-hydrogen) atoms. The van der Waals surface area contributed by atoms with Gasteiger partial charge in [-0.3, -0.25) is 4.79 Å². The van der Waals surface area contributed by atoms with Gasteiger partial charge < -0.3 is 4.90 Å². The molecule has 3 rings (SSSR count). The molecule has 0 bridgehead atoms. The molecule has 0 N–H and O–H groups in total. The smallest absolute Gasteiger partial charge is 0.338 e. The van der Waals surface area contributed by atoms with E-state index in [-0.39, 0.29) is 25.1 Å². The van der Waals surface area contributed by atoms with Gasteiger partial charge >= 0.3 is 12.4 Å². The predicted molar refractivity (Wildman–Crippen MR) is 89.0 cm³/mol. The Bertz CT molecular complexity index is 844. The third kappa shape index (κ3) is 4.45. The topological polar surface area (TPSA) is 46.1 Å². The largest absolute Gasteiger partial charge is 0.416 e. The van der Waals surface area contributed by atoms with Crippen molar-refractivity contribution in [3.8, 4) is 0 Å². The van der Waals surface area contributed by atoms with Crippen molar-refractivity contribution in [2.24, 2.45) is 0 Å². The zero-order valence-corrected chi connectivity index (χ0v) is 15.4. The van der Waals surface area contributed by atoms with Crippen LogP contribution in [0.5, 0.6) is 0 Å². The molecule has 0 saturated carbocycles. The number of rotatable bonds is 2. The highest BCUT2D eigenvalue weighted by Crippen LogP contribution is 2.37. The van der Waals surface area contributed by atoms with E-state index in [4.69, 9.17) is 0 Å². The van der Waals surface area contributed by atoms with Gasteiger partial charge in [0.15, 0.2) is 0 Å². The van der Waals surface area contributed by atoms with E-state index in [0.717, 1.165) is 11.4 Å². The number of nitrogens with zero attached hydrogens (tertiary/aromatic N) is 3. The van der Waals surface area contributed by atoms with Gasteiger partial charge in [-0.1, -0.05) is 0 Å². The fraction of sp³-hybridized carbons (Fsp3) is 0.471. The number of amides is 1. The standard InChI is InChI=1S/C17H15F6N3OS/c1-9-24-25-14(28-9)10-3-2-4-26(8-10)15(27)11-5-12(16(18,19)20)7-13(6-11)17(21,22)23/h5-7,10H,2-4,8H2,1H3. The zero-order valence-electron chi connectivity index (χ0n) is 14.6. The molecule has 1 aliphatic heterocycles. The number of piperidine rings is 1. The molecule has 4 nitrogen and oxygen atoms in total. The third-order valence-electron chi connectivity index (χ3n) is 4.43. The lowest BCUT2D eigenvalue weighted by Gasteiger charge is -2.32. The lowest BCUT2D eigenvalue weighted by molar-refractivity contribution is -0.143. The molecular weight excluding hydrogens is 408 g/mol. The number of carbonyl (C=O) groups is 1. The average molecular weight is 423 g/mol. The van der Waals surface area contributed by atoms with Crippen LogP contribution >= 0.6 is 11.3 Å². The lowest BCUT2D eigenvalue weighted by Crippen LogP contribution is -2.39. The number of aryl methyl sites for hydroxylation is 1. The highest BCUT2D eigenvalue weighted by Gasteiger charge is 2.38. The van der Waals surface area contributed by atoms with Gasteiger partial charge in [-0.2, -0.15) is 26.3 Å². The van der Waals surface area contributed by atoms with E-state index in [9.17, 15) is 31.1 Å². The van der Waals surface area contributed by atoms with Crippen molar-refractivity contribution in [3.63, 3.8) is 0 Å². The SMILES string of the molecule is Cc1nnc(C2CCCN(C(=O)c3cc(C(F)(F)F)cc(C(F)(F)F)c3)C2)s1. The molecule has 2 heterocycles. The summed E-state index contributed by atoms with van der Waals surface area (Å²) in [5.41, 5.74) is -3.63. The quantitative estimate of drug-likeness (QED) is 0.646. The van der Waals surface area contributed by atoms with Gasteiger partial charge in [-0.25, -0.2) is 0 Å². The van der Waals surface area contributed by atoms with Crippen molar-refractivity contribution in [2.45, 2.75) is 38.0 Å². The number of hydrogen-bond acceptors (Lipinski definition) is 4. The number of alkyl halides is 6. The van der Waals surface area contributed by atoms with Crippen LogP contribution in [0.25, 0.3) is 0 Å². The van der Waals surface area contributed by atoms with E-state index in [1.807, 2.05) is 0 Å². The molecule has 2 aromatic rings. The van der Waals surface area contributed by atoms with Crippen LogP contribution in [0.4, 0.5) is 26.3 Å². The number of hydrogen-bond donors (Lipinski definition) is 0. The van der Waals surface area contributed by atoms with Crippen molar-refractivity contribution in [2.75, 3.05) is 13.1 Å². The van der Waals surface area contributed by atoms with Gasteiger partial charge in [-0.15, -0.1) is 21.5 Å². The number of halogens is 6. The molecule has 1 unspecified atom stereocenters. The highest BCUT2D eigenvalue weighted by molar-refractivity contribution is 7.11. The minimum atomic E-state index is -5.00. The van der Waals surface area contributed by atoms with Crippen molar-refractivity contribution >= 4 is 17.2 Å². The number of likely N-dealkylation sites (tertiary alicyclic amines) is 1. The molecule has 11 heteroatoms. The first-order chi connectivity index (χ1) is 12.9. The third-order valence-corrected chi connectivity index (χ3v) is 5.44. The molecule has 1 aromatic heterocycles. The van der Waals surface area contributed by atoms with E-state index in [1.54, 1.807) is 6.92 Å². The van der Waals surface area contributed by atoms with Crippen LogP contribution in [0.3, 0.4) is 0 Å². The summed E-state index contributed by atoms with van der Waals surface area (Å²) in [6.07, 6.45) is -8.70. The fourth-order valence-electron chi connectivity index (χ4n) is 3.10. The van der Waals surface area contributed by atoms with Gasteiger partial charge in [0.1, 0.15) is 10.0 Å². The molecule has 1 aliphatic rings. The molecule has 1 amide bonds. The van der Waals surface area contributed by atoms with E-state index >= 15 is 0 Å². The first-order valence-electron chi connectivity index (χ1n) is 8.34. The molecule has 152 valence electrons. The average Bonchev–Trinajstić information content (AvgIpc) is 3.06. The van der Waals surface area contributed by atoms with Crippen LogP contribution in [-0.2, 0) is 12.4 Å². The summed E-state index contributed by atoms with van der Waals surface area (Å²) in [7, 11) is 0. The molecule has 1 aromatic carbocycles. The highest BCUT2D eigenvalue weighted by atomic mass is 32.1. The van der Waals surface area contributed by atoms with Crippen molar-refractivity contribution < 1.29 is 31.1 Å². The Hall–Kier alpha value is -2.17. The zero-order chi connectivity index (χ0) is 20.7. The number of benzene rings is 1. The normalized spacial score (nSPS) is 18.4. The maximum absolute atomic E-state index is 13.0. The Balaban J connectivity index is 1.90. The van der Waals surface area contributed by atoms with Crippen LogP contribution < -0.4 is 0 Å². The van der Waals surface area contributed by atoms with Gasteiger partial charge in [0.05, 0.1) is 11.1 Å². The van der Waals surface area contributed by atoms with E-state index < -0.39 is 35.0 Å². The van der Waals surface area contributed by atoms with Gasteiger partial charge in [0.2, 0.25) is 0 Å². The second kappa shape index (κ2) is 7.34. The second-order valence-electron chi connectivity index (χ2n) is 6.54. The molecule has 0 radical (unpaired) electrons. The summed E-state index contributed by atoms with van der Waals surface area (Å²) in [6, 6.07) is 0.951. The predicted octanol–water partition coefficient (Wildman–Crippen LogP) is 4.90. The molecule has 0 spiro atoms. The van der Waals surface area contributed by atoms with Gasteiger partial charge in [0, 0.05) is 24.6 Å². The second-order valence-corrected chi connectivity index (χ2v) is 7.76. The number of aromatic nitrogens is 2. The molecular formula is C17H15F6N3OS. The maximum atomic E-state index is 13.0. The van der Waals surface area contributed by atoms with Crippen LogP contribution in [0, 0.1) is 6.92 Å². The van der Waals surface area contributed by atoms with Crippen molar-refractivity contribution in [1.29, 1.82) is 0 Å². The summed E-state index contributed by atoms with van der Waals surface area (Å²) in [6.45, 7) is 2.20. The maximum Gasteiger partial charge on any atom is 0.416 e. The van der Waals surface area contributed by atoms with E-state index in [0.29, 0.717) is 23.6 Å². The minimum absolute atomic E-state index is 0.0137. The van der Waals surface area contributed by atoms with Crippen molar-refractivity contribution in [3.05, 3.63) is 44.9 Å². The van der Waals surface area contributed by atoms with E-state index in [1.165, 1.54) is 16.2 Å². The summed E-state index contributed by atoms with van der Waals surface area (Å²) in [4.78, 5) is 14.0. The Labute approximate surface area is 160 Å². The summed E-state index contributed by atoms with van der Waals surface area (Å²) in [5.74, 6) is -1.00. The molecule has 1 saturated heterocycles. The van der Waals surface area contributed by atoms with Crippen LogP contribution in [0.15, 0.2) is 18.2 Å². The Morgan fingerprint density at radius 1 is 1.07 bits per heavy atom. The van der Waals surface area contributed by atoms with E-state index in [2.05, 4.69) is 10.2 Å². The summed E-state index contributed by atoms with van der Waals surface area (Å²) >= 11 is 1.36. The molecule has 1 atom stereocenters. The summed E-state index contributed by atoms with van der Waals surface area (Å²) < 4.78 is 78.1. The first kappa shape index (κ1) is 20.6. The number of carbonyl (C=O) groups excluding carboxylic acids is 1. The first-order valence-corrected chi connectivity index (χ1v) is 9.15. The van der Waals surface area contributed by atoms with Crippen LogP contribution in [0.2, 0.25) is 0 Å². The fourth-order valence-corrected chi connectivity index (χ4v) is 3.93. The van der Waals surface area contributed by atoms with Gasteiger partial charge in [-0.05, 0) is 38.0 Å². The van der Waals surface area contributed by atoms with Crippen molar-refractivity contribution in [1.82, 2.24) is 15.1 Å². The Kier molecular flexibility index (Phi) is 5.39. The minimum Gasteiger partial charge on any atom is -0.338 e.